The van der Waals surface area contributed by atoms with Crippen molar-refractivity contribution >= 4 is 34.1 Å². The van der Waals surface area contributed by atoms with Crippen LogP contribution in [0.5, 0.6) is 0 Å². The standard InChI is InChI=1S/C26H30N4O2/c1-3-4-12-27-24(31)15-18-14-21-23(13-17(18)2)28-16-22(26(32)30-20-10-11-20)25(21)29-19-8-6-5-7-9-19/h5-9,13-14,16,20H,3-4,10-12,15H2,1-2H3,(H,27,31)(H,28,29)(H,30,32). The van der Waals surface area contributed by atoms with Crippen LogP contribution >= 0.6 is 0 Å². The molecule has 2 amide bonds. The van der Waals surface area contributed by atoms with E-state index in [0.717, 1.165) is 53.4 Å². The summed E-state index contributed by atoms with van der Waals surface area (Å²) < 4.78 is 0. The van der Waals surface area contributed by atoms with Gasteiger partial charge in [0, 0.05) is 29.9 Å². The Balaban J connectivity index is 1.73. The molecule has 0 spiro atoms. The van der Waals surface area contributed by atoms with E-state index in [0.29, 0.717) is 24.2 Å². The van der Waals surface area contributed by atoms with Crippen molar-refractivity contribution in [3.05, 3.63) is 65.4 Å². The summed E-state index contributed by atoms with van der Waals surface area (Å²) in [6, 6.07) is 14.0. The molecule has 4 rings (SSSR count). The van der Waals surface area contributed by atoms with E-state index in [1.807, 2.05) is 49.4 Å². The fourth-order valence-corrected chi connectivity index (χ4v) is 3.68. The summed E-state index contributed by atoms with van der Waals surface area (Å²) in [4.78, 5) is 30.0. The van der Waals surface area contributed by atoms with Crippen molar-refractivity contribution in [2.75, 3.05) is 11.9 Å². The highest BCUT2D eigenvalue weighted by molar-refractivity contribution is 6.08. The van der Waals surface area contributed by atoms with Crippen LogP contribution in [0.25, 0.3) is 10.9 Å². The Morgan fingerprint density at radius 1 is 1.12 bits per heavy atom. The summed E-state index contributed by atoms with van der Waals surface area (Å²) in [5, 5.41) is 10.3. The number of aromatic nitrogens is 1. The Morgan fingerprint density at radius 3 is 2.62 bits per heavy atom. The van der Waals surface area contributed by atoms with E-state index in [1.54, 1.807) is 6.20 Å². The lowest BCUT2D eigenvalue weighted by Crippen LogP contribution is -2.26. The van der Waals surface area contributed by atoms with Crippen LogP contribution in [0.15, 0.2) is 48.7 Å². The molecular weight excluding hydrogens is 400 g/mol. The third kappa shape index (κ3) is 5.25. The number of fused-ring (bicyclic) bond motifs is 1. The Morgan fingerprint density at radius 2 is 1.91 bits per heavy atom. The van der Waals surface area contributed by atoms with Gasteiger partial charge in [-0.05, 0) is 61.6 Å². The van der Waals surface area contributed by atoms with E-state index in [9.17, 15) is 9.59 Å². The molecule has 6 nitrogen and oxygen atoms in total. The second-order valence-electron chi connectivity index (χ2n) is 8.46. The smallest absolute Gasteiger partial charge is 0.255 e. The number of pyridine rings is 1. The van der Waals surface area contributed by atoms with Crippen molar-refractivity contribution in [3.8, 4) is 0 Å². The highest BCUT2D eigenvalue weighted by atomic mass is 16.2. The van der Waals surface area contributed by atoms with Gasteiger partial charge in [-0.25, -0.2) is 0 Å². The first-order valence-corrected chi connectivity index (χ1v) is 11.4. The quantitative estimate of drug-likeness (QED) is 0.432. The number of carbonyl (C=O) groups is 2. The minimum Gasteiger partial charge on any atom is -0.356 e. The summed E-state index contributed by atoms with van der Waals surface area (Å²) in [5.74, 6) is -0.117. The summed E-state index contributed by atoms with van der Waals surface area (Å²) >= 11 is 0. The largest absolute Gasteiger partial charge is 0.356 e. The molecule has 3 aromatic rings. The van der Waals surface area contributed by atoms with Crippen molar-refractivity contribution in [3.63, 3.8) is 0 Å². The number of hydrogen-bond donors (Lipinski definition) is 3. The lowest BCUT2D eigenvalue weighted by atomic mass is 9.99. The zero-order valence-electron chi connectivity index (χ0n) is 18.7. The molecule has 0 bridgehead atoms. The van der Waals surface area contributed by atoms with Crippen LogP contribution in [0.1, 0.15) is 54.1 Å². The van der Waals surface area contributed by atoms with E-state index >= 15 is 0 Å². The Labute approximate surface area is 188 Å². The number of benzene rings is 2. The van der Waals surface area contributed by atoms with Crippen LogP contribution in [0.2, 0.25) is 0 Å². The van der Waals surface area contributed by atoms with Gasteiger partial charge in [-0.2, -0.15) is 0 Å². The normalized spacial score (nSPS) is 13.1. The number of unbranched alkanes of at least 4 members (excludes halogenated alkanes) is 1. The van der Waals surface area contributed by atoms with E-state index in [-0.39, 0.29) is 17.9 Å². The molecule has 1 saturated carbocycles. The van der Waals surface area contributed by atoms with Crippen LogP contribution in [0.3, 0.4) is 0 Å². The SMILES string of the molecule is CCCCNC(=O)Cc1cc2c(Nc3ccccc3)c(C(=O)NC3CC3)cnc2cc1C. The Bertz CT molecular complexity index is 1120. The number of para-hydroxylation sites is 1. The van der Waals surface area contributed by atoms with Gasteiger partial charge in [0.15, 0.2) is 0 Å². The van der Waals surface area contributed by atoms with Gasteiger partial charge in [-0.3, -0.25) is 14.6 Å². The fraction of sp³-hybridized carbons (Fsp3) is 0.346. The molecule has 3 N–H and O–H groups in total. The lowest BCUT2D eigenvalue weighted by molar-refractivity contribution is -0.120. The topological polar surface area (TPSA) is 83.1 Å². The molecule has 1 fully saturated rings. The Kier molecular flexibility index (Phi) is 6.69. The second kappa shape index (κ2) is 9.81. The highest BCUT2D eigenvalue weighted by Crippen LogP contribution is 2.32. The maximum Gasteiger partial charge on any atom is 0.255 e. The predicted octanol–water partition coefficient (Wildman–Crippen LogP) is 4.64. The number of nitrogens with zero attached hydrogens (tertiary/aromatic N) is 1. The van der Waals surface area contributed by atoms with E-state index < -0.39 is 0 Å². The predicted molar refractivity (Wildman–Crippen MR) is 128 cm³/mol. The zero-order valence-corrected chi connectivity index (χ0v) is 18.7. The lowest BCUT2D eigenvalue weighted by Gasteiger charge is -2.17. The number of nitrogens with one attached hydrogen (secondary N) is 3. The molecule has 0 aliphatic heterocycles. The first kappa shape index (κ1) is 21.8. The van der Waals surface area contributed by atoms with Crippen molar-refractivity contribution in [2.24, 2.45) is 0 Å². The number of anilines is 2. The molecule has 1 aliphatic carbocycles. The molecule has 1 aliphatic rings. The molecule has 0 saturated heterocycles. The van der Waals surface area contributed by atoms with Gasteiger partial charge < -0.3 is 16.0 Å². The van der Waals surface area contributed by atoms with Crippen LogP contribution in [0.4, 0.5) is 11.4 Å². The number of aryl methyl sites for hydroxylation is 1. The molecule has 2 aromatic carbocycles. The maximum atomic E-state index is 13.0. The number of hydrogen-bond acceptors (Lipinski definition) is 4. The van der Waals surface area contributed by atoms with Crippen LogP contribution in [-0.4, -0.2) is 29.4 Å². The molecule has 32 heavy (non-hydrogen) atoms. The molecule has 0 unspecified atom stereocenters. The maximum absolute atomic E-state index is 13.0. The minimum atomic E-state index is -0.125. The van der Waals surface area contributed by atoms with Gasteiger partial charge in [0.1, 0.15) is 0 Å². The van der Waals surface area contributed by atoms with Crippen molar-refractivity contribution < 1.29 is 9.59 Å². The van der Waals surface area contributed by atoms with Crippen molar-refractivity contribution in [2.45, 2.75) is 52.0 Å². The third-order valence-electron chi connectivity index (χ3n) is 5.73. The van der Waals surface area contributed by atoms with Gasteiger partial charge in [0.25, 0.3) is 5.91 Å². The fourth-order valence-electron chi connectivity index (χ4n) is 3.68. The monoisotopic (exact) mass is 430 g/mol. The van der Waals surface area contributed by atoms with E-state index in [4.69, 9.17) is 0 Å². The van der Waals surface area contributed by atoms with Gasteiger partial charge in [0.05, 0.1) is 23.2 Å². The number of amides is 2. The van der Waals surface area contributed by atoms with Crippen LogP contribution < -0.4 is 16.0 Å². The van der Waals surface area contributed by atoms with Gasteiger partial charge in [-0.1, -0.05) is 31.5 Å². The summed E-state index contributed by atoms with van der Waals surface area (Å²) in [5.41, 5.74) is 4.85. The average Bonchev–Trinajstić information content (AvgIpc) is 3.59. The van der Waals surface area contributed by atoms with E-state index in [1.165, 1.54) is 0 Å². The third-order valence-corrected chi connectivity index (χ3v) is 5.73. The van der Waals surface area contributed by atoms with Crippen LogP contribution in [-0.2, 0) is 11.2 Å². The summed E-state index contributed by atoms with van der Waals surface area (Å²) in [7, 11) is 0. The minimum absolute atomic E-state index is 0.00839. The molecule has 1 aromatic heterocycles. The van der Waals surface area contributed by atoms with Crippen molar-refractivity contribution in [1.82, 2.24) is 15.6 Å². The van der Waals surface area contributed by atoms with Gasteiger partial charge in [0.2, 0.25) is 5.91 Å². The molecule has 1 heterocycles. The van der Waals surface area contributed by atoms with E-state index in [2.05, 4.69) is 27.9 Å². The van der Waals surface area contributed by atoms with Crippen LogP contribution in [0, 0.1) is 6.92 Å². The highest BCUT2D eigenvalue weighted by Gasteiger charge is 2.26. The number of rotatable bonds is 9. The van der Waals surface area contributed by atoms with Gasteiger partial charge >= 0.3 is 0 Å². The van der Waals surface area contributed by atoms with Gasteiger partial charge in [-0.15, -0.1) is 0 Å². The summed E-state index contributed by atoms with van der Waals surface area (Å²) in [6.07, 6.45) is 5.99. The van der Waals surface area contributed by atoms with Crippen molar-refractivity contribution in [1.29, 1.82) is 0 Å². The number of carbonyl (C=O) groups excluding carboxylic acids is 2. The first-order valence-electron chi connectivity index (χ1n) is 11.4. The summed E-state index contributed by atoms with van der Waals surface area (Å²) in [6.45, 7) is 4.79. The second-order valence-corrected chi connectivity index (χ2v) is 8.46. The first-order chi connectivity index (χ1) is 15.5. The molecular formula is C26H30N4O2. The molecule has 166 valence electrons. The molecule has 0 atom stereocenters. The zero-order chi connectivity index (χ0) is 22.5. The average molecular weight is 431 g/mol. The molecule has 6 heteroatoms. The molecule has 0 radical (unpaired) electrons. The Hall–Kier alpha value is -3.41.